The Morgan fingerprint density at radius 1 is 0.370 bits per heavy atom. The number of hydrogen-bond acceptors (Lipinski definition) is 4. The summed E-state index contributed by atoms with van der Waals surface area (Å²) in [5, 5.41) is 6.99. The molecule has 0 N–H and O–H groups in total. The van der Waals surface area contributed by atoms with E-state index in [1.165, 1.54) is 16.2 Å². The molecule has 0 bridgehead atoms. The SMILES string of the molecule is c1ccc(-c2nc(-c3ccc(-n4c5ccccc5c5ccc(-c6cccc7oc8ccccc8c67)cc54)cc3)nc(-c3ccc4ccccc4c3)n2)cc1. The largest absolute Gasteiger partial charge is 0.456 e. The molecule has 0 amide bonds. The Labute approximate surface area is 310 Å². The van der Waals surface area contributed by atoms with Gasteiger partial charge < -0.3 is 8.98 Å². The van der Waals surface area contributed by atoms with Crippen molar-refractivity contribution in [2.75, 3.05) is 0 Å². The summed E-state index contributed by atoms with van der Waals surface area (Å²) in [6.45, 7) is 0. The minimum Gasteiger partial charge on any atom is -0.456 e. The maximum absolute atomic E-state index is 6.25. The van der Waals surface area contributed by atoms with Crippen LogP contribution in [0.15, 0.2) is 186 Å². The highest BCUT2D eigenvalue weighted by molar-refractivity contribution is 6.14. The van der Waals surface area contributed by atoms with Crippen molar-refractivity contribution in [3.63, 3.8) is 0 Å². The summed E-state index contributed by atoms with van der Waals surface area (Å²) in [7, 11) is 0. The second-order valence-corrected chi connectivity index (χ2v) is 13.6. The third-order valence-corrected chi connectivity index (χ3v) is 10.4. The van der Waals surface area contributed by atoms with Crippen LogP contribution in [0.3, 0.4) is 0 Å². The fourth-order valence-electron chi connectivity index (χ4n) is 7.87. The summed E-state index contributed by atoms with van der Waals surface area (Å²) in [6.07, 6.45) is 0. The maximum atomic E-state index is 6.25. The lowest BCUT2D eigenvalue weighted by molar-refractivity contribution is 0.669. The van der Waals surface area contributed by atoms with E-state index in [0.29, 0.717) is 17.5 Å². The summed E-state index contributed by atoms with van der Waals surface area (Å²) in [4.78, 5) is 15.0. The van der Waals surface area contributed by atoms with Gasteiger partial charge in [-0.05, 0) is 76.5 Å². The molecule has 0 spiro atoms. The quantitative estimate of drug-likeness (QED) is 0.180. The number of rotatable bonds is 5. The topological polar surface area (TPSA) is 56.7 Å². The zero-order chi connectivity index (χ0) is 35.6. The molecule has 0 saturated carbocycles. The number of hydrogen-bond donors (Lipinski definition) is 0. The zero-order valence-electron chi connectivity index (χ0n) is 29.0. The summed E-state index contributed by atoms with van der Waals surface area (Å²) in [5.41, 5.74) is 10.2. The first-order valence-electron chi connectivity index (χ1n) is 18.1. The van der Waals surface area contributed by atoms with Crippen molar-refractivity contribution >= 4 is 54.5 Å². The number of para-hydroxylation sites is 2. The molecule has 0 saturated heterocycles. The van der Waals surface area contributed by atoms with E-state index in [1.807, 2.05) is 42.5 Å². The minimum atomic E-state index is 0.628. The van der Waals surface area contributed by atoms with E-state index in [2.05, 4.69) is 144 Å². The van der Waals surface area contributed by atoms with Crippen molar-refractivity contribution < 1.29 is 4.42 Å². The van der Waals surface area contributed by atoms with Crippen LogP contribution in [-0.4, -0.2) is 19.5 Å². The maximum Gasteiger partial charge on any atom is 0.164 e. The van der Waals surface area contributed by atoms with Gasteiger partial charge in [0.1, 0.15) is 11.2 Å². The van der Waals surface area contributed by atoms with Gasteiger partial charge in [0.05, 0.1) is 11.0 Å². The standard InChI is InChI=1S/C49H30N4O/c1-2-12-32(13-3-1)47-50-48(52-49(51-47)36-22-21-31-11-4-5-14-34(31)29-36)33-23-26-37(27-24-33)53-42-18-8-6-15-39(42)40-28-25-35(30-43(40)53)38-17-10-20-45-46(38)41-16-7-9-19-44(41)54-45/h1-30H. The van der Waals surface area contributed by atoms with Crippen molar-refractivity contribution in [2.45, 2.75) is 0 Å². The molecule has 5 nitrogen and oxygen atoms in total. The average molecular weight is 691 g/mol. The fraction of sp³-hybridized carbons (Fsp3) is 0. The lowest BCUT2D eigenvalue weighted by Crippen LogP contribution is -2.00. The Morgan fingerprint density at radius 3 is 1.81 bits per heavy atom. The van der Waals surface area contributed by atoms with E-state index in [1.54, 1.807) is 0 Å². The van der Waals surface area contributed by atoms with Gasteiger partial charge in [0, 0.05) is 43.9 Å². The lowest BCUT2D eigenvalue weighted by atomic mass is 9.98. The van der Waals surface area contributed by atoms with E-state index < -0.39 is 0 Å². The van der Waals surface area contributed by atoms with E-state index in [0.717, 1.165) is 71.9 Å². The lowest BCUT2D eigenvalue weighted by Gasteiger charge is -2.12. The van der Waals surface area contributed by atoms with Crippen LogP contribution in [0.5, 0.6) is 0 Å². The van der Waals surface area contributed by atoms with E-state index in [4.69, 9.17) is 19.4 Å². The van der Waals surface area contributed by atoms with Gasteiger partial charge in [-0.3, -0.25) is 0 Å². The van der Waals surface area contributed by atoms with Crippen LogP contribution in [0.4, 0.5) is 0 Å². The molecule has 8 aromatic carbocycles. The van der Waals surface area contributed by atoms with E-state index in [9.17, 15) is 0 Å². The predicted molar refractivity (Wildman–Crippen MR) is 221 cm³/mol. The molecule has 0 aliphatic heterocycles. The number of furan rings is 1. The number of aromatic nitrogens is 4. The van der Waals surface area contributed by atoms with Crippen molar-refractivity contribution in [1.29, 1.82) is 0 Å². The summed E-state index contributed by atoms with van der Waals surface area (Å²) in [5.74, 6) is 1.91. The van der Waals surface area contributed by atoms with Gasteiger partial charge >= 0.3 is 0 Å². The second kappa shape index (κ2) is 12.1. The first-order chi connectivity index (χ1) is 26.7. The molecule has 11 aromatic rings. The summed E-state index contributed by atoms with van der Waals surface area (Å²) in [6, 6.07) is 63.4. The minimum absolute atomic E-state index is 0.628. The highest BCUT2D eigenvalue weighted by Gasteiger charge is 2.18. The van der Waals surface area contributed by atoms with Crippen LogP contribution in [0.1, 0.15) is 0 Å². The smallest absolute Gasteiger partial charge is 0.164 e. The van der Waals surface area contributed by atoms with Crippen LogP contribution in [0.25, 0.3) is 105 Å². The number of nitrogens with zero attached hydrogens (tertiary/aromatic N) is 4. The first-order valence-corrected chi connectivity index (χ1v) is 18.1. The molecule has 0 aliphatic carbocycles. The van der Waals surface area contributed by atoms with Gasteiger partial charge in [-0.15, -0.1) is 0 Å². The number of benzene rings is 8. The predicted octanol–water partition coefficient (Wildman–Crippen LogP) is 12.7. The summed E-state index contributed by atoms with van der Waals surface area (Å²) < 4.78 is 8.61. The van der Waals surface area contributed by atoms with Crippen LogP contribution < -0.4 is 0 Å². The Hall–Kier alpha value is -7.37. The highest BCUT2D eigenvalue weighted by Crippen LogP contribution is 2.40. The van der Waals surface area contributed by atoms with Crippen molar-refractivity contribution in [3.05, 3.63) is 182 Å². The van der Waals surface area contributed by atoms with Crippen molar-refractivity contribution in [3.8, 4) is 51.0 Å². The molecule has 5 heteroatoms. The fourth-order valence-corrected chi connectivity index (χ4v) is 7.87. The van der Waals surface area contributed by atoms with Gasteiger partial charge in [0.2, 0.25) is 0 Å². The van der Waals surface area contributed by atoms with Crippen LogP contribution >= 0.6 is 0 Å². The van der Waals surface area contributed by atoms with Gasteiger partial charge in [0.25, 0.3) is 0 Å². The van der Waals surface area contributed by atoms with Crippen molar-refractivity contribution in [1.82, 2.24) is 19.5 Å². The Bertz CT molecular complexity index is 3210. The third kappa shape index (κ3) is 4.90. The van der Waals surface area contributed by atoms with E-state index >= 15 is 0 Å². The van der Waals surface area contributed by atoms with Gasteiger partial charge in [-0.1, -0.05) is 127 Å². The van der Waals surface area contributed by atoms with Crippen molar-refractivity contribution in [2.24, 2.45) is 0 Å². The molecule has 0 fully saturated rings. The molecule has 11 rings (SSSR count). The Kier molecular flexibility index (Phi) is 6.79. The monoisotopic (exact) mass is 690 g/mol. The zero-order valence-corrected chi connectivity index (χ0v) is 29.0. The molecular formula is C49H30N4O. The third-order valence-electron chi connectivity index (χ3n) is 10.4. The molecule has 252 valence electrons. The van der Waals surface area contributed by atoms with Crippen LogP contribution in [0.2, 0.25) is 0 Å². The Balaban J connectivity index is 1.05. The average Bonchev–Trinajstić information content (AvgIpc) is 3.79. The first kappa shape index (κ1) is 30.3. The van der Waals surface area contributed by atoms with Gasteiger partial charge in [-0.2, -0.15) is 0 Å². The molecule has 0 unspecified atom stereocenters. The van der Waals surface area contributed by atoms with Crippen LogP contribution in [0, 0.1) is 0 Å². The molecule has 3 heterocycles. The molecule has 0 atom stereocenters. The van der Waals surface area contributed by atoms with E-state index in [-0.39, 0.29) is 0 Å². The molecule has 3 aromatic heterocycles. The molecule has 0 aliphatic rings. The highest BCUT2D eigenvalue weighted by atomic mass is 16.3. The normalized spacial score (nSPS) is 11.7. The summed E-state index contributed by atoms with van der Waals surface area (Å²) >= 11 is 0. The Morgan fingerprint density at radius 2 is 0.981 bits per heavy atom. The van der Waals surface area contributed by atoms with Gasteiger partial charge in [-0.25, -0.2) is 15.0 Å². The van der Waals surface area contributed by atoms with Crippen LogP contribution in [-0.2, 0) is 0 Å². The van der Waals surface area contributed by atoms with Gasteiger partial charge in [0.15, 0.2) is 17.5 Å². The molecule has 54 heavy (non-hydrogen) atoms. The number of fused-ring (bicyclic) bond motifs is 7. The molecule has 0 radical (unpaired) electrons. The molecular weight excluding hydrogens is 661 g/mol. The second-order valence-electron chi connectivity index (χ2n) is 13.6.